The number of aromatic nitrogens is 1. The monoisotopic (exact) mass is 275 g/mol. The van der Waals surface area contributed by atoms with Crippen molar-refractivity contribution in [2.24, 2.45) is 11.7 Å². The third kappa shape index (κ3) is 4.29. The number of nitrogens with two attached hydrogens (primary N) is 1. The molecule has 3 heteroatoms. The Morgan fingerprint density at radius 3 is 2.55 bits per heavy atom. The lowest BCUT2D eigenvalue weighted by molar-refractivity contribution is 0.158. The van der Waals surface area contributed by atoms with E-state index in [1.165, 1.54) is 38.5 Å². The second-order valence-corrected chi connectivity index (χ2v) is 6.24. The number of likely N-dealkylation sites (N-methyl/N-ethyl adjacent to an activating group) is 1. The summed E-state index contributed by atoms with van der Waals surface area (Å²) in [5.74, 6) is 0.761. The maximum Gasteiger partial charge on any atom is 0.0547 e. The fourth-order valence-electron chi connectivity index (χ4n) is 3.49. The molecule has 1 heterocycles. The molecular formula is C17H29N3. The maximum absolute atomic E-state index is 6.08. The Balaban J connectivity index is 1.98. The predicted octanol–water partition coefficient (Wildman–Crippen LogP) is 3.12. The Kier molecular flexibility index (Phi) is 5.99. The second-order valence-electron chi connectivity index (χ2n) is 6.24. The summed E-state index contributed by atoms with van der Waals surface area (Å²) in [6.45, 7) is 3.71. The van der Waals surface area contributed by atoms with Crippen LogP contribution < -0.4 is 5.73 Å². The molecule has 0 radical (unpaired) electrons. The van der Waals surface area contributed by atoms with E-state index in [0.29, 0.717) is 6.04 Å². The molecule has 0 aromatic carbocycles. The van der Waals surface area contributed by atoms with Crippen molar-refractivity contribution in [3.8, 4) is 0 Å². The van der Waals surface area contributed by atoms with Gasteiger partial charge >= 0.3 is 0 Å². The third-order valence-electron chi connectivity index (χ3n) is 4.61. The standard InChI is InChI=1S/C17H29N3/c1-14-8-7-11-16(19-14)13-20(2)17(12-18)15-9-5-3-4-6-10-15/h7-8,11,15,17H,3-6,9-10,12-13,18H2,1-2H3. The molecule has 2 N–H and O–H groups in total. The zero-order valence-electron chi connectivity index (χ0n) is 13.0. The van der Waals surface area contributed by atoms with E-state index in [1.807, 2.05) is 0 Å². The summed E-state index contributed by atoms with van der Waals surface area (Å²) in [6, 6.07) is 6.75. The minimum Gasteiger partial charge on any atom is -0.329 e. The number of nitrogens with zero attached hydrogens (tertiary/aromatic N) is 2. The highest BCUT2D eigenvalue weighted by Crippen LogP contribution is 2.27. The van der Waals surface area contributed by atoms with Crippen molar-refractivity contribution in [2.75, 3.05) is 13.6 Å². The molecule has 1 aromatic rings. The Labute approximate surface area is 123 Å². The molecular weight excluding hydrogens is 246 g/mol. The van der Waals surface area contributed by atoms with Crippen LogP contribution in [-0.2, 0) is 6.54 Å². The van der Waals surface area contributed by atoms with Crippen LogP contribution in [0.5, 0.6) is 0 Å². The maximum atomic E-state index is 6.08. The van der Waals surface area contributed by atoms with Crippen molar-refractivity contribution < 1.29 is 0 Å². The molecule has 3 nitrogen and oxygen atoms in total. The van der Waals surface area contributed by atoms with Crippen LogP contribution in [0.1, 0.15) is 49.9 Å². The van der Waals surface area contributed by atoms with Gasteiger partial charge in [-0.25, -0.2) is 0 Å². The van der Waals surface area contributed by atoms with E-state index < -0.39 is 0 Å². The second kappa shape index (κ2) is 7.75. The molecule has 1 saturated carbocycles. The van der Waals surface area contributed by atoms with E-state index in [-0.39, 0.29) is 0 Å². The summed E-state index contributed by atoms with van der Waals surface area (Å²) >= 11 is 0. The summed E-state index contributed by atoms with van der Waals surface area (Å²) in [5.41, 5.74) is 8.32. The molecule has 1 aliphatic rings. The van der Waals surface area contributed by atoms with Gasteiger partial charge in [-0.3, -0.25) is 9.88 Å². The Hall–Kier alpha value is -0.930. The van der Waals surface area contributed by atoms with E-state index in [0.717, 1.165) is 30.4 Å². The van der Waals surface area contributed by atoms with Crippen molar-refractivity contribution >= 4 is 0 Å². The quantitative estimate of drug-likeness (QED) is 0.840. The minimum atomic E-state index is 0.496. The summed E-state index contributed by atoms with van der Waals surface area (Å²) in [6.07, 6.45) is 8.23. The molecule has 1 fully saturated rings. The summed E-state index contributed by atoms with van der Waals surface area (Å²) in [7, 11) is 2.20. The lowest BCUT2D eigenvalue weighted by Crippen LogP contribution is -2.43. The van der Waals surface area contributed by atoms with Gasteiger partial charge in [-0.05, 0) is 44.9 Å². The highest BCUT2D eigenvalue weighted by molar-refractivity contribution is 5.10. The molecule has 0 bridgehead atoms. The molecule has 1 unspecified atom stereocenters. The van der Waals surface area contributed by atoms with Crippen molar-refractivity contribution in [1.82, 2.24) is 9.88 Å². The first-order valence-corrected chi connectivity index (χ1v) is 8.03. The first-order valence-electron chi connectivity index (χ1n) is 8.03. The third-order valence-corrected chi connectivity index (χ3v) is 4.61. The molecule has 2 rings (SSSR count). The Morgan fingerprint density at radius 1 is 1.25 bits per heavy atom. The zero-order chi connectivity index (χ0) is 14.4. The fraction of sp³-hybridized carbons (Fsp3) is 0.706. The summed E-state index contributed by atoms with van der Waals surface area (Å²) < 4.78 is 0. The molecule has 112 valence electrons. The van der Waals surface area contributed by atoms with Crippen LogP contribution in [0.3, 0.4) is 0 Å². The molecule has 20 heavy (non-hydrogen) atoms. The van der Waals surface area contributed by atoms with Crippen LogP contribution in [0.25, 0.3) is 0 Å². The van der Waals surface area contributed by atoms with Gasteiger partial charge in [-0.1, -0.05) is 31.7 Å². The molecule has 1 aliphatic carbocycles. The van der Waals surface area contributed by atoms with Crippen LogP contribution in [0.4, 0.5) is 0 Å². The van der Waals surface area contributed by atoms with Gasteiger partial charge in [-0.2, -0.15) is 0 Å². The minimum absolute atomic E-state index is 0.496. The Morgan fingerprint density at radius 2 is 1.95 bits per heavy atom. The highest BCUT2D eigenvalue weighted by Gasteiger charge is 2.25. The number of pyridine rings is 1. The number of hydrogen-bond acceptors (Lipinski definition) is 3. The SMILES string of the molecule is Cc1cccc(CN(C)C(CN)C2CCCCCC2)n1. The zero-order valence-corrected chi connectivity index (χ0v) is 13.0. The Bertz CT molecular complexity index is 397. The number of hydrogen-bond donors (Lipinski definition) is 1. The lowest BCUT2D eigenvalue weighted by atomic mass is 9.91. The molecule has 1 aromatic heterocycles. The topological polar surface area (TPSA) is 42.1 Å². The van der Waals surface area contributed by atoms with Crippen LogP contribution in [0, 0.1) is 12.8 Å². The van der Waals surface area contributed by atoms with Crippen LogP contribution in [0.15, 0.2) is 18.2 Å². The smallest absolute Gasteiger partial charge is 0.0547 e. The molecule has 0 saturated heterocycles. The largest absolute Gasteiger partial charge is 0.329 e. The van der Waals surface area contributed by atoms with Crippen LogP contribution >= 0.6 is 0 Å². The van der Waals surface area contributed by atoms with Gasteiger partial charge in [0.15, 0.2) is 0 Å². The highest BCUT2D eigenvalue weighted by atomic mass is 15.1. The molecule has 1 atom stereocenters. The van der Waals surface area contributed by atoms with Crippen LogP contribution in [0.2, 0.25) is 0 Å². The van der Waals surface area contributed by atoms with Gasteiger partial charge in [0.25, 0.3) is 0 Å². The van der Waals surface area contributed by atoms with Gasteiger partial charge in [0.2, 0.25) is 0 Å². The van der Waals surface area contributed by atoms with E-state index >= 15 is 0 Å². The van der Waals surface area contributed by atoms with Gasteiger partial charge in [0.05, 0.1) is 5.69 Å². The fourth-order valence-corrected chi connectivity index (χ4v) is 3.49. The normalized spacial score (nSPS) is 19.0. The lowest BCUT2D eigenvalue weighted by Gasteiger charge is -2.33. The van der Waals surface area contributed by atoms with E-state index in [1.54, 1.807) is 0 Å². The molecule has 0 aliphatic heterocycles. The average Bonchev–Trinajstić information content (AvgIpc) is 2.69. The van der Waals surface area contributed by atoms with Gasteiger partial charge in [-0.15, -0.1) is 0 Å². The predicted molar refractivity (Wildman–Crippen MR) is 84.5 cm³/mol. The van der Waals surface area contributed by atoms with Crippen molar-refractivity contribution in [1.29, 1.82) is 0 Å². The first-order chi connectivity index (χ1) is 9.70. The van der Waals surface area contributed by atoms with E-state index in [4.69, 9.17) is 5.73 Å². The van der Waals surface area contributed by atoms with Crippen LogP contribution in [-0.4, -0.2) is 29.5 Å². The average molecular weight is 275 g/mol. The molecule has 0 amide bonds. The van der Waals surface area contributed by atoms with E-state index in [9.17, 15) is 0 Å². The van der Waals surface area contributed by atoms with E-state index in [2.05, 4.69) is 42.1 Å². The van der Waals surface area contributed by atoms with Gasteiger partial charge < -0.3 is 5.73 Å². The summed E-state index contributed by atoms with van der Waals surface area (Å²) in [5, 5.41) is 0. The van der Waals surface area contributed by atoms with Crippen molar-refractivity contribution in [3.63, 3.8) is 0 Å². The van der Waals surface area contributed by atoms with Crippen molar-refractivity contribution in [3.05, 3.63) is 29.6 Å². The number of aryl methyl sites for hydroxylation is 1. The van der Waals surface area contributed by atoms with Gasteiger partial charge in [0.1, 0.15) is 0 Å². The molecule has 0 spiro atoms. The first kappa shape index (κ1) is 15.5. The summed E-state index contributed by atoms with van der Waals surface area (Å²) in [4.78, 5) is 7.03. The van der Waals surface area contributed by atoms with Crippen molar-refractivity contribution in [2.45, 2.75) is 58.0 Å². The van der Waals surface area contributed by atoms with Gasteiger partial charge in [0, 0.05) is 24.8 Å². The number of rotatable bonds is 5.